The van der Waals surface area contributed by atoms with Crippen molar-refractivity contribution >= 4 is 12.1 Å². The Bertz CT molecular complexity index is 296. The normalized spacial score (nSPS) is 14.8. The third-order valence-electron chi connectivity index (χ3n) is 2.74. The van der Waals surface area contributed by atoms with Crippen molar-refractivity contribution in [3.63, 3.8) is 0 Å². The number of carboxylic acids is 1. The molecular weight excluding hydrogens is 234 g/mol. The van der Waals surface area contributed by atoms with E-state index >= 15 is 0 Å². The van der Waals surface area contributed by atoms with Crippen molar-refractivity contribution in [2.24, 2.45) is 5.92 Å². The number of carbonyl (C=O) groups excluding carboxylic acids is 1. The van der Waals surface area contributed by atoms with Crippen molar-refractivity contribution in [1.29, 1.82) is 0 Å². The number of likely N-dealkylation sites (N-methyl/N-ethyl adjacent to an activating group) is 1. The summed E-state index contributed by atoms with van der Waals surface area (Å²) in [6, 6.07) is -0.838. The van der Waals surface area contributed by atoms with Gasteiger partial charge in [-0.05, 0) is 33.6 Å². The van der Waals surface area contributed by atoms with E-state index in [4.69, 9.17) is 4.74 Å². The van der Waals surface area contributed by atoms with Crippen LogP contribution in [0.15, 0.2) is 0 Å². The minimum absolute atomic E-state index is 0.116. The van der Waals surface area contributed by atoms with Crippen LogP contribution in [0.3, 0.4) is 0 Å². The van der Waals surface area contributed by atoms with Gasteiger partial charge in [0.1, 0.15) is 11.6 Å². The summed E-state index contributed by atoms with van der Waals surface area (Å²) in [5.41, 5.74) is -0.622. The van der Waals surface area contributed by atoms with Crippen LogP contribution in [0.2, 0.25) is 0 Å². The maximum absolute atomic E-state index is 12.0. The summed E-state index contributed by atoms with van der Waals surface area (Å²) in [6.07, 6.45) is 0.119. The summed E-state index contributed by atoms with van der Waals surface area (Å²) in [4.78, 5) is 24.6. The van der Waals surface area contributed by atoms with Crippen molar-refractivity contribution in [2.45, 2.75) is 59.6 Å². The number of carboxylic acid groups (broad SMARTS) is 1. The number of rotatable bonds is 5. The summed E-state index contributed by atoms with van der Waals surface area (Å²) < 4.78 is 5.24. The first-order valence-corrected chi connectivity index (χ1v) is 6.36. The van der Waals surface area contributed by atoms with Gasteiger partial charge in [0.25, 0.3) is 0 Å². The molecule has 5 nitrogen and oxygen atoms in total. The molecule has 1 amide bonds. The Morgan fingerprint density at radius 1 is 1.28 bits per heavy atom. The maximum atomic E-state index is 12.0. The summed E-state index contributed by atoms with van der Waals surface area (Å²) in [5.74, 6) is -1.10. The van der Waals surface area contributed by atoms with Crippen molar-refractivity contribution in [2.75, 3.05) is 6.54 Å². The van der Waals surface area contributed by atoms with Crippen LogP contribution in [0.4, 0.5) is 4.79 Å². The molecule has 0 spiro atoms. The van der Waals surface area contributed by atoms with Gasteiger partial charge in [-0.3, -0.25) is 4.90 Å². The minimum Gasteiger partial charge on any atom is -0.480 e. The van der Waals surface area contributed by atoms with E-state index in [0.29, 0.717) is 13.0 Å². The molecule has 0 saturated carbocycles. The molecule has 5 heteroatoms. The largest absolute Gasteiger partial charge is 0.480 e. The topological polar surface area (TPSA) is 66.8 Å². The highest BCUT2D eigenvalue weighted by molar-refractivity contribution is 5.80. The van der Waals surface area contributed by atoms with E-state index in [1.54, 1.807) is 27.7 Å². The lowest BCUT2D eigenvalue weighted by Crippen LogP contribution is -2.50. The zero-order chi connectivity index (χ0) is 14.5. The second kappa shape index (κ2) is 6.61. The molecule has 18 heavy (non-hydrogen) atoms. The second-order valence-corrected chi connectivity index (χ2v) is 5.43. The predicted octanol–water partition coefficient (Wildman–Crippen LogP) is 2.74. The van der Waals surface area contributed by atoms with Crippen LogP contribution in [0.1, 0.15) is 48.0 Å². The van der Waals surface area contributed by atoms with Crippen molar-refractivity contribution in [1.82, 2.24) is 4.90 Å². The molecule has 0 heterocycles. The Morgan fingerprint density at radius 2 is 1.78 bits per heavy atom. The lowest BCUT2D eigenvalue weighted by molar-refractivity contribution is -0.145. The summed E-state index contributed by atoms with van der Waals surface area (Å²) >= 11 is 0. The number of amides is 1. The Labute approximate surface area is 109 Å². The summed E-state index contributed by atoms with van der Waals surface area (Å²) in [5, 5.41) is 9.27. The molecule has 0 radical (unpaired) electrons. The van der Waals surface area contributed by atoms with Crippen LogP contribution in [0.5, 0.6) is 0 Å². The lowest BCUT2D eigenvalue weighted by Gasteiger charge is -2.33. The third kappa shape index (κ3) is 4.94. The van der Waals surface area contributed by atoms with E-state index in [0.717, 1.165) is 0 Å². The Hall–Kier alpha value is -1.26. The smallest absolute Gasteiger partial charge is 0.411 e. The fourth-order valence-electron chi connectivity index (χ4n) is 1.67. The molecule has 0 rings (SSSR count). The predicted molar refractivity (Wildman–Crippen MR) is 69.5 cm³/mol. The molecule has 0 aromatic rings. The van der Waals surface area contributed by atoms with Gasteiger partial charge >= 0.3 is 12.1 Å². The minimum atomic E-state index is -0.989. The molecule has 0 aromatic carbocycles. The quantitative estimate of drug-likeness (QED) is 0.824. The van der Waals surface area contributed by atoms with Crippen LogP contribution >= 0.6 is 0 Å². The third-order valence-corrected chi connectivity index (χ3v) is 2.74. The standard InChI is InChI=1S/C13H25NO4/c1-7-9(3)10(11(15)16)14(8-2)12(17)18-13(4,5)6/h9-10H,7-8H2,1-6H3,(H,15,16)/t9-,10?/m1/s1. The van der Waals surface area contributed by atoms with Gasteiger partial charge in [-0.1, -0.05) is 20.3 Å². The van der Waals surface area contributed by atoms with E-state index in [9.17, 15) is 14.7 Å². The van der Waals surface area contributed by atoms with E-state index in [2.05, 4.69) is 0 Å². The van der Waals surface area contributed by atoms with Gasteiger partial charge in [0, 0.05) is 6.54 Å². The first-order valence-electron chi connectivity index (χ1n) is 6.36. The fourth-order valence-corrected chi connectivity index (χ4v) is 1.67. The summed E-state index contributed by atoms with van der Waals surface area (Å²) in [6.45, 7) is 11.1. The molecule has 0 aliphatic rings. The highest BCUT2D eigenvalue weighted by Gasteiger charge is 2.34. The highest BCUT2D eigenvalue weighted by Crippen LogP contribution is 2.18. The number of aliphatic carboxylic acids is 1. The number of ether oxygens (including phenoxy) is 1. The van der Waals surface area contributed by atoms with Crippen LogP contribution < -0.4 is 0 Å². The van der Waals surface area contributed by atoms with Gasteiger partial charge in [-0.25, -0.2) is 9.59 Å². The van der Waals surface area contributed by atoms with E-state index in [1.165, 1.54) is 4.90 Å². The number of nitrogens with zero attached hydrogens (tertiary/aromatic N) is 1. The van der Waals surface area contributed by atoms with Crippen LogP contribution in [0, 0.1) is 5.92 Å². The SMILES string of the molecule is CC[C@@H](C)C(C(=O)O)N(CC)C(=O)OC(C)(C)C. The molecule has 1 N–H and O–H groups in total. The molecule has 0 aliphatic carbocycles. The Morgan fingerprint density at radius 3 is 2.06 bits per heavy atom. The maximum Gasteiger partial charge on any atom is 0.411 e. The Kier molecular flexibility index (Phi) is 6.15. The molecule has 0 saturated heterocycles. The molecule has 1 unspecified atom stereocenters. The molecule has 0 bridgehead atoms. The molecule has 2 atom stereocenters. The first kappa shape index (κ1) is 16.7. The van der Waals surface area contributed by atoms with E-state index in [-0.39, 0.29) is 5.92 Å². The van der Waals surface area contributed by atoms with E-state index in [1.807, 2.05) is 13.8 Å². The monoisotopic (exact) mass is 259 g/mol. The van der Waals surface area contributed by atoms with Crippen LogP contribution in [0.25, 0.3) is 0 Å². The fraction of sp³-hybridized carbons (Fsp3) is 0.846. The number of hydrogen-bond acceptors (Lipinski definition) is 3. The van der Waals surface area contributed by atoms with Gasteiger partial charge in [0.15, 0.2) is 0 Å². The zero-order valence-electron chi connectivity index (χ0n) is 12.2. The van der Waals surface area contributed by atoms with E-state index < -0.39 is 23.7 Å². The van der Waals surface area contributed by atoms with Crippen molar-refractivity contribution in [3.8, 4) is 0 Å². The summed E-state index contributed by atoms with van der Waals surface area (Å²) in [7, 11) is 0. The van der Waals surface area contributed by atoms with Gasteiger partial charge in [0.2, 0.25) is 0 Å². The Balaban J connectivity index is 5.02. The highest BCUT2D eigenvalue weighted by atomic mass is 16.6. The first-order chi connectivity index (χ1) is 8.14. The average Bonchev–Trinajstić information content (AvgIpc) is 2.21. The van der Waals surface area contributed by atoms with Crippen molar-refractivity contribution < 1.29 is 19.4 Å². The molecule has 0 aliphatic heterocycles. The number of carbonyl (C=O) groups is 2. The van der Waals surface area contributed by atoms with Gasteiger partial charge in [0.05, 0.1) is 0 Å². The zero-order valence-corrected chi connectivity index (χ0v) is 12.2. The van der Waals surface area contributed by atoms with Crippen LogP contribution in [-0.4, -0.2) is 40.3 Å². The van der Waals surface area contributed by atoms with Gasteiger partial charge in [-0.2, -0.15) is 0 Å². The molecule has 0 aromatic heterocycles. The van der Waals surface area contributed by atoms with Gasteiger partial charge in [-0.15, -0.1) is 0 Å². The van der Waals surface area contributed by atoms with Gasteiger partial charge < -0.3 is 9.84 Å². The average molecular weight is 259 g/mol. The lowest BCUT2D eigenvalue weighted by atomic mass is 9.98. The second-order valence-electron chi connectivity index (χ2n) is 5.43. The molecule has 106 valence electrons. The molecule has 0 fully saturated rings. The molecular formula is C13H25NO4. The van der Waals surface area contributed by atoms with Crippen molar-refractivity contribution in [3.05, 3.63) is 0 Å². The van der Waals surface area contributed by atoms with Crippen LogP contribution in [-0.2, 0) is 9.53 Å². The number of hydrogen-bond donors (Lipinski definition) is 1.